The summed E-state index contributed by atoms with van der Waals surface area (Å²) in [5, 5.41) is 0.989. The summed E-state index contributed by atoms with van der Waals surface area (Å²) >= 11 is 0. The standard InChI is InChI=1S/C17H23NO3/c1-5-20-17(19)16-11-13-10-14(21-9-8-12(2)3)6-7-15(13)18(16)4/h6-7,10-12H,5,8-9H2,1-4H3. The van der Waals surface area contributed by atoms with Crippen molar-refractivity contribution >= 4 is 16.9 Å². The maximum Gasteiger partial charge on any atom is 0.354 e. The van der Waals surface area contributed by atoms with Gasteiger partial charge in [0.15, 0.2) is 0 Å². The first-order valence-electron chi connectivity index (χ1n) is 7.42. The number of benzene rings is 1. The number of rotatable bonds is 6. The molecular formula is C17H23NO3. The van der Waals surface area contributed by atoms with Crippen LogP contribution < -0.4 is 4.74 Å². The van der Waals surface area contributed by atoms with Crippen LogP contribution in [0.2, 0.25) is 0 Å². The monoisotopic (exact) mass is 289 g/mol. The van der Waals surface area contributed by atoms with E-state index in [-0.39, 0.29) is 5.97 Å². The maximum atomic E-state index is 11.9. The summed E-state index contributed by atoms with van der Waals surface area (Å²) in [6, 6.07) is 7.74. The molecule has 0 aliphatic carbocycles. The lowest BCUT2D eigenvalue weighted by atomic mass is 10.1. The number of ether oxygens (including phenoxy) is 2. The van der Waals surface area contributed by atoms with E-state index in [0.717, 1.165) is 23.1 Å². The van der Waals surface area contributed by atoms with Crippen LogP contribution in [0.25, 0.3) is 10.9 Å². The molecular weight excluding hydrogens is 266 g/mol. The molecule has 4 heteroatoms. The third-order valence-electron chi connectivity index (χ3n) is 3.46. The van der Waals surface area contributed by atoms with Gasteiger partial charge in [0, 0.05) is 18.0 Å². The van der Waals surface area contributed by atoms with Crippen molar-refractivity contribution < 1.29 is 14.3 Å². The Morgan fingerprint density at radius 1 is 1.29 bits per heavy atom. The molecule has 0 fully saturated rings. The zero-order valence-electron chi connectivity index (χ0n) is 13.2. The van der Waals surface area contributed by atoms with Crippen molar-refractivity contribution in [1.82, 2.24) is 4.57 Å². The van der Waals surface area contributed by atoms with Crippen LogP contribution in [-0.2, 0) is 11.8 Å². The molecule has 0 radical (unpaired) electrons. The van der Waals surface area contributed by atoms with Crippen LogP contribution in [-0.4, -0.2) is 23.8 Å². The first kappa shape index (κ1) is 15.4. The van der Waals surface area contributed by atoms with Crippen molar-refractivity contribution in [3.63, 3.8) is 0 Å². The number of aryl methyl sites for hydroxylation is 1. The number of carbonyl (C=O) groups is 1. The molecule has 0 amide bonds. The van der Waals surface area contributed by atoms with Gasteiger partial charge >= 0.3 is 5.97 Å². The van der Waals surface area contributed by atoms with Crippen molar-refractivity contribution in [3.8, 4) is 5.75 Å². The Hall–Kier alpha value is -1.97. The van der Waals surface area contributed by atoms with Crippen LogP contribution in [0.1, 0.15) is 37.7 Å². The molecule has 0 saturated carbocycles. The Labute approximate surface area is 125 Å². The minimum atomic E-state index is -0.293. The molecule has 0 aliphatic heterocycles. The predicted octanol–water partition coefficient (Wildman–Crippen LogP) is 3.78. The highest BCUT2D eigenvalue weighted by molar-refractivity contribution is 5.96. The molecule has 2 rings (SSSR count). The molecule has 0 saturated heterocycles. The lowest BCUT2D eigenvalue weighted by Crippen LogP contribution is -2.09. The van der Waals surface area contributed by atoms with Crippen molar-refractivity contribution in [1.29, 1.82) is 0 Å². The normalized spacial score (nSPS) is 11.1. The van der Waals surface area contributed by atoms with E-state index in [9.17, 15) is 4.79 Å². The Bertz CT molecular complexity index is 628. The largest absolute Gasteiger partial charge is 0.494 e. The van der Waals surface area contributed by atoms with Crippen LogP contribution >= 0.6 is 0 Å². The van der Waals surface area contributed by atoms with Gasteiger partial charge in [-0.25, -0.2) is 4.79 Å². The summed E-state index contributed by atoms with van der Waals surface area (Å²) in [5.41, 5.74) is 1.56. The van der Waals surface area contributed by atoms with Gasteiger partial charge in [0.1, 0.15) is 11.4 Å². The molecule has 2 aromatic rings. The number of esters is 1. The molecule has 0 N–H and O–H groups in total. The Morgan fingerprint density at radius 3 is 2.71 bits per heavy atom. The fourth-order valence-electron chi connectivity index (χ4n) is 2.23. The molecule has 1 aromatic carbocycles. The van der Waals surface area contributed by atoms with Crippen LogP contribution in [0.4, 0.5) is 0 Å². The van der Waals surface area contributed by atoms with Gasteiger partial charge in [-0.15, -0.1) is 0 Å². The maximum absolute atomic E-state index is 11.9. The van der Waals surface area contributed by atoms with E-state index in [4.69, 9.17) is 9.47 Å². The highest BCUT2D eigenvalue weighted by Crippen LogP contribution is 2.24. The Kier molecular flexibility index (Phi) is 4.89. The fraction of sp³-hybridized carbons (Fsp3) is 0.471. The van der Waals surface area contributed by atoms with E-state index in [1.165, 1.54) is 0 Å². The van der Waals surface area contributed by atoms with Gasteiger partial charge in [-0.05, 0) is 43.5 Å². The van der Waals surface area contributed by atoms with Crippen LogP contribution in [0.15, 0.2) is 24.3 Å². The third-order valence-corrected chi connectivity index (χ3v) is 3.46. The van der Waals surface area contributed by atoms with Crippen molar-refractivity contribution in [2.24, 2.45) is 13.0 Å². The summed E-state index contributed by atoms with van der Waals surface area (Å²) < 4.78 is 12.7. The first-order valence-corrected chi connectivity index (χ1v) is 7.42. The van der Waals surface area contributed by atoms with Gasteiger partial charge in [0.05, 0.1) is 13.2 Å². The van der Waals surface area contributed by atoms with Gasteiger partial charge in [-0.3, -0.25) is 0 Å². The quantitative estimate of drug-likeness (QED) is 0.760. The first-order chi connectivity index (χ1) is 10.0. The van der Waals surface area contributed by atoms with Gasteiger partial charge in [0.2, 0.25) is 0 Å². The van der Waals surface area contributed by atoms with Crippen LogP contribution in [0, 0.1) is 5.92 Å². The summed E-state index contributed by atoms with van der Waals surface area (Å²) in [7, 11) is 1.87. The van der Waals surface area contributed by atoms with E-state index in [0.29, 0.717) is 24.8 Å². The highest BCUT2D eigenvalue weighted by atomic mass is 16.5. The molecule has 0 unspecified atom stereocenters. The third kappa shape index (κ3) is 3.57. The van der Waals surface area contributed by atoms with Crippen molar-refractivity contribution in [2.75, 3.05) is 13.2 Å². The second-order valence-electron chi connectivity index (χ2n) is 5.56. The van der Waals surface area contributed by atoms with E-state index < -0.39 is 0 Å². The lowest BCUT2D eigenvalue weighted by molar-refractivity contribution is 0.0516. The van der Waals surface area contributed by atoms with Crippen molar-refractivity contribution in [2.45, 2.75) is 27.2 Å². The Balaban J connectivity index is 2.21. The van der Waals surface area contributed by atoms with E-state index in [1.54, 1.807) is 6.92 Å². The van der Waals surface area contributed by atoms with E-state index >= 15 is 0 Å². The van der Waals surface area contributed by atoms with Gasteiger partial charge in [-0.1, -0.05) is 13.8 Å². The van der Waals surface area contributed by atoms with Gasteiger partial charge < -0.3 is 14.0 Å². The number of carbonyl (C=O) groups excluding carboxylic acids is 1. The Morgan fingerprint density at radius 2 is 2.05 bits per heavy atom. The lowest BCUT2D eigenvalue weighted by Gasteiger charge is -2.08. The second kappa shape index (κ2) is 6.66. The smallest absolute Gasteiger partial charge is 0.354 e. The molecule has 114 valence electrons. The molecule has 1 heterocycles. The molecule has 1 aromatic heterocycles. The van der Waals surface area contributed by atoms with Gasteiger partial charge in [0.25, 0.3) is 0 Å². The summed E-state index contributed by atoms with van der Waals surface area (Å²) in [6.07, 6.45) is 1.03. The number of nitrogens with zero attached hydrogens (tertiary/aromatic N) is 1. The number of fused-ring (bicyclic) bond motifs is 1. The highest BCUT2D eigenvalue weighted by Gasteiger charge is 2.14. The van der Waals surface area contributed by atoms with Crippen molar-refractivity contribution in [3.05, 3.63) is 30.0 Å². The van der Waals surface area contributed by atoms with Crippen LogP contribution in [0.5, 0.6) is 5.75 Å². The summed E-state index contributed by atoms with van der Waals surface area (Å²) in [4.78, 5) is 11.9. The van der Waals surface area contributed by atoms with E-state index in [2.05, 4.69) is 13.8 Å². The minimum absolute atomic E-state index is 0.293. The fourth-order valence-corrected chi connectivity index (χ4v) is 2.23. The molecule has 0 aliphatic rings. The van der Waals surface area contributed by atoms with E-state index in [1.807, 2.05) is 35.9 Å². The minimum Gasteiger partial charge on any atom is -0.494 e. The molecule has 0 atom stereocenters. The average Bonchev–Trinajstić information content (AvgIpc) is 2.76. The predicted molar refractivity (Wildman–Crippen MR) is 83.8 cm³/mol. The number of hydrogen-bond donors (Lipinski definition) is 0. The molecule has 4 nitrogen and oxygen atoms in total. The number of aromatic nitrogens is 1. The van der Waals surface area contributed by atoms with Gasteiger partial charge in [-0.2, -0.15) is 0 Å². The average molecular weight is 289 g/mol. The summed E-state index contributed by atoms with van der Waals surface area (Å²) in [5.74, 6) is 1.17. The molecule has 0 spiro atoms. The SMILES string of the molecule is CCOC(=O)c1cc2cc(OCCC(C)C)ccc2n1C. The summed E-state index contributed by atoms with van der Waals surface area (Å²) in [6.45, 7) is 7.25. The zero-order valence-corrected chi connectivity index (χ0v) is 13.2. The van der Waals surface area contributed by atoms with Crippen LogP contribution in [0.3, 0.4) is 0 Å². The topological polar surface area (TPSA) is 40.5 Å². The molecule has 21 heavy (non-hydrogen) atoms. The molecule has 0 bridgehead atoms. The zero-order chi connectivity index (χ0) is 15.4. The second-order valence-corrected chi connectivity index (χ2v) is 5.56. The number of hydrogen-bond acceptors (Lipinski definition) is 3.